The Morgan fingerprint density at radius 1 is 1.50 bits per heavy atom. The van der Waals surface area contributed by atoms with E-state index in [0.29, 0.717) is 5.69 Å². The maximum Gasteiger partial charge on any atom is 0.403 e. The second-order valence-electron chi connectivity index (χ2n) is 3.78. The Balaban J connectivity index is 2.73. The van der Waals surface area contributed by atoms with Crippen LogP contribution in [0.3, 0.4) is 0 Å². The van der Waals surface area contributed by atoms with E-state index in [1.54, 1.807) is 25.1 Å². The fourth-order valence-electron chi connectivity index (χ4n) is 1.32. The highest BCUT2D eigenvalue weighted by molar-refractivity contribution is 9.10. The Morgan fingerprint density at radius 3 is 2.56 bits per heavy atom. The average Bonchev–Trinajstić information content (AvgIpc) is 2.21. The van der Waals surface area contributed by atoms with Crippen molar-refractivity contribution in [1.82, 2.24) is 0 Å². The molecule has 0 aliphatic rings. The number of halogens is 4. The monoisotopic (exact) mass is 325 g/mol. The molecule has 1 aromatic rings. The Morgan fingerprint density at radius 2 is 2.11 bits per heavy atom. The Hall–Kier alpha value is -1.24. The molecule has 1 unspecified atom stereocenters. The summed E-state index contributed by atoms with van der Waals surface area (Å²) in [5.41, 5.74) is 1.30. The lowest BCUT2D eigenvalue weighted by atomic mass is 10.1. The van der Waals surface area contributed by atoms with Crippen LogP contribution in [0.5, 0.6) is 0 Å². The summed E-state index contributed by atoms with van der Waals surface area (Å²) in [6.07, 6.45) is -4.76. The van der Waals surface area contributed by atoms with Crippen LogP contribution in [0.2, 0.25) is 0 Å². The molecule has 3 nitrogen and oxygen atoms in total. The molecule has 7 heteroatoms. The Labute approximate surface area is 110 Å². The molecule has 2 N–H and O–H groups in total. The zero-order valence-corrected chi connectivity index (χ0v) is 11.0. The third kappa shape index (κ3) is 3.90. The number of carboxylic acids is 1. The van der Waals surface area contributed by atoms with Gasteiger partial charge in [0.1, 0.15) is 0 Å². The molecule has 18 heavy (non-hydrogen) atoms. The predicted octanol–water partition coefficient (Wildman–Crippen LogP) is 3.43. The van der Waals surface area contributed by atoms with Crippen LogP contribution < -0.4 is 5.32 Å². The van der Waals surface area contributed by atoms with Crippen molar-refractivity contribution in [2.45, 2.75) is 13.1 Å². The van der Waals surface area contributed by atoms with Crippen molar-refractivity contribution in [3.63, 3.8) is 0 Å². The van der Waals surface area contributed by atoms with Crippen LogP contribution in [0.4, 0.5) is 18.9 Å². The minimum atomic E-state index is -4.76. The number of nitrogens with one attached hydrogen (secondary N) is 1. The normalized spacial score (nSPS) is 13.2. The summed E-state index contributed by atoms with van der Waals surface area (Å²) < 4.78 is 38.0. The van der Waals surface area contributed by atoms with Crippen molar-refractivity contribution < 1.29 is 23.1 Å². The number of aliphatic carboxylic acids is 1. The zero-order chi connectivity index (χ0) is 13.9. The van der Waals surface area contributed by atoms with E-state index in [4.69, 9.17) is 5.11 Å². The predicted molar refractivity (Wildman–Crippen MR) is 64.5 cm³/mol. The third-order valence-electron chi connectivity index (χ3n) is 2.36. The third-order valence-corrected chi connectivity index (χ3v) is 3.25. The van der Waals surface area contributed by atoms with Gasteiger partial charge in [0.05, 0.1) is 0 Å². The molecule has 0 aliphatic carbocycles. The summed E-state index contributed by atoms with van der Waals surface area (Å²) in [6.45, 7) is 1.09. The molecule has 0 radical (unpaired) electrons. The first kappa shape index (κ1) is 14.8. The zero-order valence-electron chi connectivity index (χ0n) is 9.38. The van der Waals surface area contributed by atoms with E-state index in [2.05, 4.69) is 21.2 Å². The van der Waals surface area contributed by atoms with E-state index in [0.717, 1.165) is 10.0 Å². The Kier molecular flexibility index (Phi) is 4.61. The van der Waals surface area contributed by atoms with Crippen molar-refractivity contribution in [2.24, 2.45) is 5.92 Å². The molecule has 0 amide bonds. The molecular formula is C11H11BrF3NO2. The highest BCUT2D eigenvalue weighted by atomic mass is 79.9. The lowest BCUT2D eigenvalue weighted by Crippen LogP contribution is -2.36. The minimum Gasteiger partial charge on any atom is -0.481 e. The number of alkyl halides is 3. The van der Waals surface area contributed by atoms with Gasteiger partial charge in [-0.1, -0.05) is 15.9 Å². The maximum atomic E-state index is 12.4. The number of rotatable bonds is 4. The van der Waals surface area contributed by atoms with E-state index in [1.807, 2.05) is 0 Å². The standard InChI is InChI=1S/C11H11BrF3NO2/c1-6-4-7(2-3-9(6)12)16-5-8(10(17)18)11(13,14)15/h2-4,8,16H,5H2,1H3,(H,17,18). The summed E-state index contributed by atoms with van der Waals surface area (Å²) in [5.74, 6) is -4.30. The van der Waals surface area contributed by atoms with Crippen LogP contribution in [0, 0.1) is 12.8 Å². The van der Waals surface area contributed by atoms with Crippen molar-refractivity contribution in [3.05, 3.63) is 28.2 Å². The highest BCUT2D eigenvalue weighted by Gasteiger charge is 2.44. The van der Waals surface area contributed by atoms with Gasteiger partial charge < -0.3 is 10.4 Å². The first-order chi connectivity index (χ1) is 8.21. The van der Waals surface area contributed by atoms with Gasteiger partial charge in [-0.2, -0.15) is 13.2 Å². The minimum absolute atomic E-state index is 0.450. The molecule has 0 saturated carbocycles. The quantitative estimate of drug-likeness (QED) is 0.891. The molecule has 0 fully saturated rings. The van der Waals surface area contributed by atoms with Crippen molar-refractivity contribution in [3.8, 4) is 0 Å². The van der Waals surface area contributed by atoms with Crippen LogP contribution in [-0.2, 0) is 4.79 Å². The first-order valence-corrected chi connectivity index (χ1v) is 5.80. The van der Waals surface area contributed by atoms with Gasteiger partial charge in [0.25, 0.3) is 0 Å². The van der Waals surface area contributed by atoms with E-state index in [1.165, 1.54) is 0 Å². The Bertz CT molecular complexity index is 448. The van der Waals surface area contributed by atoms with E-state index in [-0.39, 0.29) is 0 Å². The van der Waals surface area contributed by atoms with Crippen LogP contribution in [0.1, 0.15) is 5.56 Å². The number of carboxylic acid groups (broad SMARTS) is 1. The molecule has 1 aromatic carbocycles. The highest BCUT2D eigenvalue weighted by Crippen LogP contribution is 2.27. The van der Waals surface area contributed by atoms with Crippen LogP contribution >= 0.6 is 15.9 Å². The van der Waals surface area contributed by atoms with Crippen LogP contribution in [-0.4, -0.2) is 23.8 Å². The average molecular weight is 326 g/mol. The van der Waals surface area contributed by atoms with Crippen molar-refractivity contribution in [2.75, 3.05) is 11.9 Å². The molecule has 0 heterocycles. The van der Waals surface area contributed by atoms with Gasteiger partial charge in [0.15, 0.2) is 5.92 Å². The van der Waals surface area contributed by atoms with Gasteiger partial charge in [-0.25, -0.2) is 0 Å². The van der Waals surface area contributed by atoms with Gasteiger partial charge in [-0.05, 0) is 30.7 Å². The van der Waals surface area contributed by atoms with Gasteiger partial charge in [0, 0.05) is 16.7 Å². The van der Waals surface area contributed by atoms with E-state index in [9.17, 15) is 18.0 Å². The summed E-state index contributed by atoms with van der Waals surface area (Å²) in [5, 5.41) is 11.0. The first-order valence-electron chi connectivity index (χ1n) is 5.01. The van der Waals surface area contributed by atoms with E-state index < -0.39 is 24.6 Å². The summed E-state index contributed by atoms with van der Waals surface area (Å²) in [4.78, 5) is 10.5. The van der Waals surface area contributed by atoms with E-state index >= 15 is 0 Å². The largest absolute Gasteiger partial charge is 0.481 e. The van der Waals surface area contributed by atoms with Crippen molar-refractivity contribution >= 4 is 27.6 Å². The number of anilines is 1. The molecule has 0 aromatic heterocycles. The summed E-state index contributed by atoms with van der Waals surface area (Å²) in [7, 11) is 0. The second-order valence-corrected chi connectivity index (χ2v) is 4.63. The topological polar surface area (TPSA) is 49.3 Å². The lowest BCUT2D eigenvalue weighted by molar-refractivity contribution is -0.190. The molecule has 0 saturated heterocycles. The molecule has 0 aliphatic heterocycles. The number of benzene rings is 1. The fraction of sp³-hybridized carbons (Fsp3) is 0.364. The van der Waals surface area contributed by atoms with Gasteiger partial charge in [-0.15, -0.1) is 0 Å². The molecule has 1 atom stereocenters. The van der Waals surface area contributed by atoms with Gasteiger partial charge in [-0.3, -0.25) is 4.79 Å². The molecular weight excluding hydrogens is 315 g/mol. The number of carbonyl (C=O) groups is 1. The maximum absolute atomic E-state index is 12.4. The number of hydrogen-bond acceptors (Lipinski definition) is 2. The molecule has 0 spiro atoms. The summed E-state index contributed by atoms with van der Waals surface area (Å²) in [6, 6.07) is 4.90. The fourth-order valence-corrected chi connectivity index (χ4v) is 1.56. The molecule has 100 valence electrons. The lowest BCUT2D eigenvalue weighted by Gasteiger charge is -2.17. The smallest absolute Gasteiger partial charge is 0.403 e. The number of aryl methyl sites for hydroxylation is 1. The van der Waals surface area contributed by atoms with Crippen LogP contribution in [0.25, 0.3) is 0 Å². The van der Waals surface area contributed by atoms with Gasteiger partial charge in [0.2, 0.25) is 0 Å². The van der Waals surface area contributed by atoms with Gasteiger partial charge >= 0.3 is 12.1 Å². The van der Waals surface area contributed by atoms with Crippen LogP contribution in [0.15, 0.2) is 22.7 Å². The number of hydrogen-bond donors (Lipinski definition) is 2. The molecule has 0 bridgehead atoms. The SMILES string of the molecule is Cc1cc(NCC(C(=O)O)C(F)(F)F)ccc1Br. The summed E-state index contributed by atoms with van der Waals surface area (Å²) >= 11 is 3.26. The second kappa shape index (κ2) is 5.60. The van der Waals surface area contributed by atoms with Crippen molar-refractivity contribution in [1.29, 1.82) is 0 Å². The molecule has 1 rings (SSSR count).